The minimum absolute atomic E-state index is 0.0555. The molecule has 2 atom stereocenters. The van der Waals surface area contributed by atoms with Gasteiger partial charge < -0.3 is 15.1 Å². The Labute approximate surface area is 211 Å². The van der Waals surface area contributed by atoms with Crippen LogP contribution in [-0.2, 0) is 0 Å². The summed E-state index contributed by atoms with van der Waals surface area (Å²) in [5.74, 6) is 1.52. The molecule has 0 radical (unpaired) electrons. The van der Waals surface area contributed by atoms with Gasteiger partial charge in [-0.15, -0.1) is 0 Å². The average molecular weight is 481 g/mol. The number of rotatable bonds is 9. The highest BCUT2D eigenvalue weighted by atomic mass is 16.2. The van der Waals surface area contributed by atoms with E-state index < -0.39 is 0 Å². The van der Waals surface area contributed by atoms with E-state index in [9.17, 15) is 9.59 Å². The first-order valence-corrected chi connectivity index (χ1v) is 13.6. The lowest BCUT2D eigenvalue weighted by Crippen LogP contribution is -2.53. The zero-order chi connectivity index (χ0) is 25.0. The molecule has 1 saturated heterocycles. The molecule has 2 unspecified atom stereocenters. The molecule has 5 rings (SSSR count). The maximum atomic E-state index is 13.6. The number of allylic oxidation sites excluding steroid dienone is 1. The van der Waals surface area contributed by atoms with Crippen molar-refractivity contribution in [2.24, 2.45) is 17.3 Å². The zero-order valence-electron chi connectivity index (χ0n) is 22.2. The molecule has 0 spiro atoms. The molecule has 3 amide bonds. The Morgan fingerprint density at radius 2 is 1.83 bits per heavy atom. The van der Waals surface area contributed by atoms with E-state index >= 15 is 0 Å². The first-order valence-electron chi connectivity index (χ1n) is 13.6. The minimum atomic E-state index is 0.0555. The molecule has 1 N–H and O–H groups in total. The van der Waals surface area contributed by atoms with Crippen LogP contribution >= 0.6 is 0 Å². The summed E-state index contributed by atoms with van der Waals surface area (Å²) in [5, 5.41) is 3.02. The fourth-order valence-electron chi connectivity index (χ4n) is 5.93. The summed E-state index contributed by atoms with van der Waals surface area (Å²) in [4.78, 5) is 32.3. The number of hydrogen-bond donors (Lipinski definition) is 1. The molecule has 1 aliphatic heterocycles. The monoisotopic (exact) mass is 480 g/mol. The van der Waals surface area contributed by atoms with Crippen molar-refractivity contribution in [1.82, 2.24) is 20.0 Å². The summed E-state index contributed by atoms with van der Waals surface area (Å²) in [6.07, 6.45) is 6.93. The number of nitrogens with one attached hydrogen (secondary N) is 1. The van der Waals surface area contributed by atoms with Gasteiger partial charge in [-0.1, -0.05) is 56.5 Å². The van der Waals surface area contributed by atoms with E-state index in [-0.39, 0.29) is 11.9 Å². The summed E-state index contributed by atoms with van der Waals surface area (Å²) < 4.78 is 0. The van der Waals surface area contributed by atoms with Crippen LogP contribution in [0.4, 0.5) is 4.79 Å². The Morgan fingerprint density at radius 1 is 1.11 bits per heavy atom. The standard InChI is InChI=1S/C29H44N4O2/c1-5-6-13-30-28(35)32-17-14-31(15-18-32)16-19-33(27(34)23-9-7-22(2)8-10-23)21-24-11-12-25-20-26(24)29(25,3)4/h7-11,25-26H,5-6,12-21H2,1-4H3,(H,30,35). The smallest absolute Gasteiger partial charge is 0.317 e. The molecular formula is C29H44N4O2. The quantitative estimate of drug-likeness (QED) is 0.417. The number of nitrogens with zero attached hydrogens (tertiary/aromatic N) is 3. The molecular weight excluding hydrogens is 436 g/mol. The Bertz CT molecular complexity index is 915. The van der Waals surface area contributed by atoms with Gasteiger partial charge in [0.1, 0.15) is 0 Å². The Morgan fingerprint density at radius 3 is 2.46 bits per heavy atom. The van der Waals surface area contributed by atoms with E-state index in [1.165, 1.54) is 17.6 Å². The van der Waals surface area contributed by atoms with Gasteiger partial charge in [-0.25, -0.2) is 4.79 Å². The van der Waals surface area contributed by atoms with Crippen LogP contribution in [0, 0.1) is 24.2 Å². The highest BCUT2D eigenvalue weighted by Crippen LogP contribution is 2.59. The molecule has 2 bridgehead atoms. The lowest BCUT2D eigenvalue weighted by atomic mass is 9.49. The van der Waals surface area contributed by atoms with Gasteiger partial charge in [0.05, 0.1) is 0 Å². The van der Waals surface area contributed by atoms with Gasteiger partial charge in [0.25, 0.3) is 5.91 Å². The van der Waals surface area contributed by atoms with Crippen LogP contribution in [0.15, 0.2) is 35.9 Å². The van der Waals surface area contributed by atoms with E-state index in [2.05, 4.69) is 48.9 Å². The van der Waals surface area contributed by atoms with Crippen LogP contribution in [0.3, 0.4) is 0 Å². The predicted octanol–water partition coefficient (Wildman–Crippen LogP) is 4.56. The van der Waals surface area contributed by atoms with E-state index in [1.54, 1.807) is 0 Å². The van der Waals surface area contributed by atoms with Crippen molar-refractivity contribution >= 4 is 11.9 Å². The van der Waals surface area contributed by atoms with E-state index in [4.69, 9.17) is 0 Å². The van der Waals surface area contributed by atoms with Crippen molar-refractivity contribution in [3.05, 3.63) is 47.0 Å². The van der Waals surface area contributed by atoms with Gasteiger partial charge in [0.2, 0.25) is 0 Å². The highest BCUT2D eigenvalue weighted by molar-refractivity contribution is 5.94. The molecule has 1 aromatic carbocycles. The van der Waals surface area contributed by atoms with Gasteiger partial charge in [0.15, 0.2) is 0 Å². The summed E-state index contributed by atoms with van der Waals surface area (Å²) >= 11 is 0. The number of amides is 3. The third kappa shape index (κ3) is 5.91. The summed E-state index contributed by atoms with van der Waals surface area (Å²) in [7, 11) is 0. The fraction of sp³-hybridized carbons (Fsp3) is 0.655. The molecule has 6 heteroatoms. The first-order chi connectivity index (χ1) is 16.8. The van der Waals surface area contributed by atoms with Crippen LogP contribution in [0.1, 0.15) is 62.4 Å². The molecule has 2 fully saturated rings. The van der Waals surface area contributed by atoms with Crippen molar-refractivity contribution in [3.8, 4) is 0 Å². The van der Waals surface area contributed by atoms with E-state index in [0.29, 0.717) is 17.9 Å². The van der Waals surface area contributed by atoms with Gasteiger partial charge in [-0.3, -0.25) is 9.69 Å². The number of hydrogen-bond acceptors (Lipinski definition) is 3. The molecule has 1 aromatic rings. The van der Waals surface area contributed by atoms with Gasteiger partial charge >= 0.3 is 6.03 Å². The topological polar surface area (TPSA) is 55.9 Å². The maximum absolute atomic E-state index is 13.6. The van der Waals surface area contributed by atoms with Gasteiger partial charge in [-0.2, -0.15) is 0 Å². The Balaban J connectivity index is 1.35. The largest absolute Gasteiger partial charge is 0.338 e. The molecule has 4 aliphatic rings. The predicted molar refractivity (Wildman–Crippen MR) is 141 cm³/mol. The van der Waals surface area contributed by atoms with Gasteiger partial charge in [-0.05, 0) is 55.6 Å². The molecule has 192 valence electrons. The number of urea groups is 1. The van der Waals surface area contributed by atoms with Crippen molar-refractivity contribution in [1.29, 1.82) is 0 Å². The Kier molecular flexibility index (Phi) is 8.20. The second-order valence-electron chi connectivity index (χ2n) is 11.3. The second kappa shape index (κ2) is 11.2. The first kappa shape index (κ1) is 25.7. The number of piperazine rings is 1. The van der Waals surface area contributed by atoms with Crippen LogP contribution in [0.5, 0.6) is 0 Å². The Hall–Kier alpha value is -2.34. The summed E-state index contributed by atoms with van der Waals surface area (Å²) in [6.45, 7) is 15.2. The third-order valence-corrected chi connectivity index (χ3v) is 8.69. The van der Waals surface area contributed by atoms with Crippen molar-refractivity contribution < 1.29 is 9.59 Å². The van der Waals surface area contributed by atoms with Crippen LogP contribution < -0.4 is 5.32 Å². The molecule has 0 aromatic heterocycles. The fourth-order valence-corrected chi connectivity index (χ4v) is 5.93. The van der Waals surface area contributed by atoms with Gasteiger partial charge in [0, 0.05) is 57.9 Å². The zero-order valence-corrected chi connectivity index (χ0v) is 22.2. The van der Waals surface area contributed by atoms with Crippen molar-refractivity contribution in [2.75, 3.05) is 52.4 Å². The number of carbonyl (C=O) groups excluding carboxylic acids is 2. The highest BCUT2D eigenvalue weighted by Gasteiger charge is 2.51. The average Bonchev–Trinajstić information content (AvgIpc) is 2.87. The van der Waals surface area contributed by atoms with Crippen LogP contribution in [0.2, 0.25) is 0 Å². The lowest BCUT2D eigenvalue weighted by molar-refractivity contribution is -0.0105. The van der Waals surface area contributed by atoms with Crippen molar-refractivity contribution in [2.45, 2.75) is 53.4 Å². The van der Waals surface area contributed by atoms with Crippen molar-refractivity contribution in [3.63, 3.8) is 0 Å². The minimum Gasteiger partial charge on any atom is -0.338 e. The molecule has 1 heterocycles. The van der Waals surface area contributed by atoms with E-state index in [1.807, 2.05) is 29.2 Å². The number of unbranched alkanes of at least 4 members (excludes halogenated alkanes) is 1. The van der Waals surface area contributed by atoms with Crippen LogP contribution in [0.25, 0.3) is 0 Å². The molecule has 1 saturated carbocycles. The normalized spacial score (nSPS) is 23.3. The molecule has 6 nitrogen and oxygen atoms in total. The van der Waals surface area contributed by atoms with E-state index in [0.717, 1.165) is 76.6 Å². The molecule has 3 aliphatic carbocycles. The van der Waals surface area contributed by atoms with Crippen LogP contribution in [-0.4, -0.2) is 79.0 Å². The lowest BCUT2D eigenvalue weighted by Gasteiger charge is -2.57. The second-order valence-corrected chi connectivity index (χ2v) is 11.3. The summed E-state index contributed by atoms with van der Waals surface area (Å²) in [6, 6.07) is 8.02. The third-order valence-electron chi connectivity index (χ3n) is 8.69. The maximum Gasteiger partial charge on any atom is 0.317 e. The number of benzene rings is 1. The SMILES string of the molecule is CCCCNC(=O)N1CCN(CCN(CC2=CCC3CC2C3(C)C)C(=O)c2ccc(C)cc2)CC1. The number of fused-ring (bicyclic) bond motifs is 1. The number of aryl methyl sites for hydroxylation is 1. The summed E-state index contributed by atoms with van der Waals surface area (Å²) in [5.41, 5.74) is 3.75. The number of carbonyl (C=O) groups is 2. The molecule has 35 heavy (non-hydrogen) atoms.